The van der Waals surface area contributed by atoms with E-state index >= 15 is 0 Å². The Morgan fingerprint density at radius 2 is 2.00 bits per heavy atom. The fourth-order valence-corrected chi connectivity index (χ4v) is 7.80. The summed E-state index contributed by atoms with van der Waals surface area (Å²) in [4.78, 5) is 12.9. The molecule has 0 saturated heterocycles. The second-order valence-electron chi connectivity index (χ2n) is 9.44. The van der Waals surface area contributed by atoms with Crippen LogP contribution in [-0.4, -0.2) is 35.9 Å². The van der Waals surface area contributed by atoms with Gasteiger partial charge in [-0.3, -0.25) is 8.36 Å². The number of aliphatic hydroxyl groups is 1. The summed E-state index contributed by atoms with van der Waals surface area (Å²) < 4.78 is 17.1. The molecule has 0 aromatic rings. The number of fused-ring (bicyclic) bond motifs is 5. The van der Waals surface area contributed by atoms with E-state index in [1.807, 2.05) is 0 Å². The average molecular weight is 474 g/mol. The molecule has 146 valence electrons. The number of halogens is 1. The highest BCUT2D eigenvalue weighted by Crippen LogP contribution is 2.61. The first-order valence-corrected chi connectivity index (χ1v) is 12.1. The number of carbonyl (C=O) groups is 1. The van der Waals surface area contributed by atoms with E-state index < -0.39 is 26.9 Å². The Balaban J connectivity index is 1.54. The third-order valence-electron chi connectivity index (χ3n) is 8.24. The third-order valence-corrected chi connectivity index (χ3v) is 9.07. The molecule has 0 aliphatic heterocycles. The second kappa shape index (κ2) is 6.99. The van der Waals surface area contributed by atoms with Crippen molar-refractivity contribution in [1.82, 2.24) is 0 Å². The first-order chi connectivity index (χ1) is 12.4. The molecule has 26 heavy (non-hydrogen) atoms. The summed E-state index contributed by atoms with van der Waals surface area (Å²) in [7, 11) is 1.68. The molecule has 0 radical (unpaired) electrons. The molecule has 4 aliphatic rings. The largest absolute Gasteiger partial charge is 0.387 e. The molecule has 7 atom stereocenters. The standard InChI is InChI=1S/C20H31IN2O3/c1-19-7-5-14-13-6-8-20(25,11-26-2)10-12(13)3-4-15(14)16(19)9-17(18(19)24)23-21-22/h12-16,22,25H,3-11H2,1-2H3/t12-,13+,14-,15-,16+,19+,20-/m1/s1. The van der Waals surface area contributed by atoms with Crippen molar-refractivity contribution in [2.75, 3.05) is 13.7 Å². The van der Waals surface area contributed by atoms with Crippen molar-refractivity contribution in [2.24, 2.45) is 38.2 Å². The van der Waals surface area contributed by atoms with Crippen molar-refractivity contribution in [1.29, 1.82) is 3.56 Å². The van der Waals surface area contributed by atoms with Crippen LogP contribution in [0.4, 0.5) is 0 Å². The van der Waals surface area contributed by atoms with Crippen LogP contribution in [-0.2, 0) is 9.53 Å². The van der Waals surface area contributed by atoms with Gasteiger partial charge in [0.25, 0.3) is 0 Å². The summed E-state index contributed by atoms with van der Waals surface area (Å²) in [5, 5.41) is 10.8. The van der Waals surface area contributed by atoms with Crippen LogP contribution in [0.5, 0.6) is 0 Å². The number of ketones is 1. The number of methoxy groups -OCH3 is 1. The molecule has 4 aliphatic carbocycles. The predicted molar refractivity (Wildman–Crippen MR) is 109 cm³/mol. The van der Waals surface area contributed by atoms with Gasteiger partial charge in [0.2, 0.25) is 0 Å². The molecule has 4 saturated carbocycles. The van der Waals surface area contributed by atoms with Gasteiger partial charge in [0.1, 0.15) is 21.3 Å². The molecule has 4 rings (SSSR count). The highest BCUT2D eigenvalue weighted by Gasteiger charge is 2.59. The zero-order valence-electron chi connectivity index (χ0n) is 15.8. The first-order valence-electron chi connectivity index (χ1n) is 10.0. The summed E-state index contributed by atoms with van der Waals surface area (Å²) in [5.41, 5.74) is -0.120. The van der Waals surface area contributed by atoms with Crippen molar-refractivity contribution < 1.29 is 14.6 Å². The molecule has 6 heteroatoms. The van der Waals surface area contributed by atoms with Gasteiger partial charge in [-0.1, -0.05) is 6.92 Å². The van der Waals surface area contributed by atoms with Gasteiger partial charge < -0.3 is 9.84 Å². The maximum atomic E-state index is 12.9. The molecule has 4 fully saturated rings. The summed E-state index contributed by atoms with van der Waals surface area (Å²) >= 11 is -0.955. The Bertz CT molecular complexity index is 639. The van der Waals surface area contributed by atoms with Crippen LogP contribution in [0.15, 0.2) is 3.21 Å². The number of nitrogens with one attached hydrogen (secondary N) is 1. The zero-order chi connectivity index (χ0) is 18.5. The molecule has 2 N–H and O–H groups in total. The summed E-state index contributed by atoms with van der Waals surface area (Å²) in [6.07, 6.45) is 8.15. The number of rotatable bonds is 3. The van der Waals surface area contributed by atoms with Gasteiger partial charge in [-0.05, 0) is 81.0 Å². The highest BCUT2D eigenvalue weighted by molar-refractivity contribution is 14.1. The van der Waals surface area contributed by atoms with Gasteiger partial charge in [0, 0.05) is 12.5 Å². The van der Waals surface area contributed by atoms with E-state index in [-0.39, 0.29) is 11.2 Å². The minimum Gasteiger partial charge on any atom is -0.387 e. The number of hydrogen-bond donors (Lipinski definition) is 2. The Morgan fingerprint density at radius 3 is 2.73 bits per heavy atom. The van der Waals surface area contributed by atoms with E-state index in [1.165, 1.54) is 12.8 Å². The van der Waals surface area contributed by atoms with E-state index in [0.29, 0.717) is 36.2 Å². The van der Waals surface area contributed by atoms with Gasteiger partial charge in [-0.25, -0.2) is 3.21 Å². The number of nitrogens with zero attached hydrogens (tertiary/aromatic N) is 1. The molecule has 5 nitrogen and oxygen atoms in total. The Labute approximate surface area is 166 Å². The van der Waals surface area contributed by atoms with E-state index in [1.54, 1.807) is 7.11 Å². The molecule has 0 aromatic carbocycles. The monoisotopic (exact) mass is 474 g/mol. The van der Waals surface area contributed by atoms with Crippen LogP contribution in [0.25, 0.3) is 0 Å². The molecule has 0 heterocycles. The predicted octanol–water partition coefficient (Wildman–Crippen LogP) is 4.28. The lowest BCUT2D eigenvalue weighted by molar-refractivity contribution is -0.136. The molecule has 0 bridgehead atoms. The number of ether oxygens (including phenoxy) is 1. The lowest BCUT2D eigenvalue weighted by Crippen LogP contribution is -2.52. The van der Waals surface area contributed by atoms with Crippen molar-refractivity contribution in [3.63, 3.8) is 0 Å². The number of Topliss-reactive ketones (excluding diaryl/α,β-unsaturated/α-hetero) is 1. The quantitative estimate of drug-likeness (QED) is 0.599. The fourth-order valence-electron chi connectivity index (χ4n) is 7.10. The number of carbonyl (C=O) groups excluding carboxylic acids is 1. The normalized spacial score (nSPS) is 49.6. The maximum Gasteiger partial charge on any atom is 0.183 e. The van der Waals surface area contributed by atoms with Gasteiger partial charge in [0.15, 0.2) is 5.78 Å². The first kappa shape index (κ1) is 19.1. The maximum absolute atomic E-state index is 12.9. The van der Waals surface area contributed by atoms with Crippen LogP contribution < -0.4 is 0 Å². The zero-order valence-corrected chi connectivity index (χ0v) is 18.0. The molecule has 0 amide bonds. The van der Waals surface area contributed by atoms with E-state index in [2.05, 4.69) is 10.1 Å². The molecule has 0 spiro atoms. The van der Waals surface area contributed by atoms with Crippen LogP contribution in [0.1, 0.15) is 58.3 Å². The smallest absolute Gasteiger partial charge is 0.183 e. The van der Waals surface area contributed by atoms with Crippen LogP contribution in [0, 0.1) is 38.6 Å². The Hall–Kier alpha value is -0.210. The summed E-state index contributed by atoms with van der Waals surface area (Å²) in [6, 6.07) is 0. The van der Waals surface area contributed by atoms with Crippen molar-refractivity contribution in [3.05, 3.63) is 0 Å². The van der Waals surface area contributed by atoms with E-state index in [9.17, 15) is 9.90 Å². The minimum atomic E-state index is -0.955. The molecular weight excluding hydrogens is 443 g/mol. The average Bonchev–Trinajstić information content (AvgIpc) is 2.86. The van der Waals surface area contributed by atoms with Crippen molar-refractivity contribution in [2.45, 2.75) is 63.9 Å². The third kappa shape index (κ3) is 2.94. The van der Waals surface area contributed by atoms with Gasteiger partial charge in [-0.15, -0.1) is 0 Å². The number of hydrogen-bond acceptors (Lipinski definition) is 4. The van der Waals surface area contributed by atoms with Gasteiger partial charge >= 0.3 is 0 Å². The molecule has 0 aromatic heterocycles. The van der Waals surface area contributed by atoms with Gasteiger partial charge in [-0.2, -0.15) is 0 Å². The molecule has 0 unspecified atom stereocenters. The van der Waals surface area contributed by atoms with Crippen LogP contribution in [0.3, 0.4) is 0 Å². The molecular formula is C20H31IN2O3. The lowest BCUT2D eigenvalue weighted by Gasteiger charge is -2.55. The summed E-state index contributed by atoms with van der Waals surface area (Å²) in [5.74, 6) is 3.34. The van der Waals surface area contributed by atoms with Crippen LogP contribution >= 0.6 is 21.3 Å². The topological polar surface area (TPSA) is 82.7 Å². The minimum absolute atomic E-state index is 0.225. The fraction of sp³-hybridized carbons (Fsp3) is 0.900. The van der Waals surface area contributed by atoms with E-state index in [0.717, 1.165) is 44.2 Å². The van der Waals surface area contributed by atoms with Crippen molar-refractivity contribution in [3.8, 4) is 0 Å². The Morgan fingerprint density at radius 1 is 1.23 bits per heavy atom. The SMILES string of the molecule is COC[C@@]1(O)CC[C@H]2[C@H](CC[C@@H]3[C@@H]2CC[C@]2(C)C(=O)C(=NI=N)C[C@@H]32)C1. The lowest BCUT2D eigenvalue weighted by atomic mass is 9.50. The second-order valence-corrected chi connectivity index (χ2v) is 10.4. The van der Waals surface area contributed by atoms with E-state index in [4.69, 9.17) is 8.30 Å². The van der Waals surface area contributed by atoms with Gasteiger partial charge in [0.05, 0.1) is 17.9 Å². The summed E-state index contributed by atoms with van der Waals surface area (Å²) in [6.45, 7) is 2.63. The highest BCUT2D eigenvalue weighted by atomic mass is 127. The van der Waals surface area contributed by atoms with Crippen molar-refractivity contribution >= 4 is 32.8 Å². The van der Waals surface area contributed by atoms with Crippen LogP contribution in [0.2, 0.25) is 0 Å². The Kier molecular flexibility index (Phi) is 5.14.